The molecule has 5 atom stereocenters. The summed E-state index contributed by atoms with van der Waals surface area (Å²) in [7, 11) is -3.01. The molecule has 4 aliphatic rings. The average molecular weight is 640 g/mol. The molecule has 0 unspecified atom stereocenters. The van der Waals surface area contributed by atoms with Crippen LogP contribution < -0.4 is 9.80 Å². The molecule has 0 aromatic heterocycles. The van der Waals surface area contributed by atoms with Gasteiger partial charge in [-0.1, -0.05) is 43.3 Å². The molecule has 3 amide bonds. The van der Waals surface area contributed by atoms with Crippen LogP contribution in [0.5, 0.6) is 0 Å². The number of anilines is 4. The van der Waals surface area contributed by atoms with Crippen molar-refractivity contribution < 1.29 is 29.0 Å². The van der Waals surface area contributed by atoms with Crippen molar-refractivity contribution in [3.63, 3.8) is 0 Å². The van der Waals surface area contributed by atoms with Crippen molar-refractivity contribution in [3.8, 4) is 0 Å². The number of aryl methyl sites for hydroxylation is 1. The van der Waals surface area contributed by atoms with Gasteiger partial charge in [0, 0.05) is 41.4 Å². The lowest BCUT2D eigenvalue weighted by molar-refractivity contribution is -0.149. The largest absolute Gasteiger partial charge is 0.432 e. The molecule has 0 radical (unpaired) electrons. The molecular formula is C36H41N3O6Si. The number of likely N-dealkylation sites (tertiary alicyclic amines) is 1. The van der Waals surface area contributed by atoms with Gasteiger partial charge in [0.05, 0.1) is 36.5 Å². The van der Waals surface area contributed by atoms with Crippen LogP contribution in [0.4, 0.5) is 22.7 Å². The van der Waals surface area contributed by atoms with Gasteiger partial charge in [0.25, 0.3) is 5.91 Å². The third kappa shape index (κ3) is 4.73. The third-order valence-electron chi connectivity index (χ3n) is 10.5. The number of hydrogen-bond donors (Lipinski definition) is 2. The van der Waals surface area contributed by atoms with Crippen molar-refractivity contribution in [3.05, 3.63) is 83.9 Å². The summed E-state index contributed by atoms with van der Waals surface area (Å²) >= 11 is 0. The van der Waals surface area contributed by atoms with E-state index in [9.17, 15) is 24.3 Å². The van der Waals surface area contributed by atoms with E-state index < -0.39 is 31.5 Å². The number of amides is 3. The van der Waals surface area contributed by atoms with Gasteiger partial charge < -0.3 is 19.5 Å². The Kier molecular flexibility index (Phi) is 7.67. The van der Waals surface area contributed by atoms with Gasteiger partial charge in [-0.2, -0.15) is 0 Å². The number of fused-ring (bicyclic) bond motifs is 3. The van der Waals surface area contributed by atoms with E-state index >= 15 is 0 Å². The second-order valence-electron chi connectivity index (χ2n) is 13.7. The van der Waals surface area contributed by atoms with Gasteiger partial charge in [-0.25, -0.2) is 0 Å². The fraction of sp³-hybridized carbons (Fsp3) is 0.417. The predicted molar refractivity (Wildman–Crippen MR) is 178 cm³/mol. The highest BCUT2D eigenvalue weighted by atomic mass is 28.4. The molecule has 4 aliphatic heterocycles. The number of ether oxygens (including phenoxy) is 1. The molecule has 3 aromatic rings. The second-order valence-corrected chi connectivity index (χ2v) is 17.6. The molecule has 7 rings (SSSR count). The van der Waals surface area contributed by atoms with Crippen LogP contribution in [0.2, 0.25) is 18.6 Å². The minimum atomic E-state index is -3.01. The van der Waals surface area contributed by atoms with E-state index in [1.807, 2.05) is 92.8 Å². The number of benzene rings is 3. The van der Waals surface area contributed by atoms with Crippen molar-refractivity contribution in [2.75, 3.05) is 23.0 Å². The quantitative estimate of drug-likeness (QED) is 0.361. The summed E-state index contributed by atoms with van der Waals surface area (Å²) in [6, 6.07) is 22.7. The van der Waals surface area contributed by atoms with E-state index in [1.54, 1.807) is 14.7 Å². The number of nitrogens with zero attached hydrogens (tertiary/aromatic N) is 3. The minimum Gasteiger partial charge on any atom is -0.432 e. The molecular weight excluding hydrogens is 598 g/mol. The van der Waals surface area contributed by atoms with Gasteiger partial charge >= 0.3 is 0 Å². The van der Waals surface area contributed by atoms with Crippen LogP contribution in [0.1, 0.15) is 43.7 Å². The second kappa shape index (κ2) is 11.4. The maximum Gasteiger partial charge on any atom is 0.268 e. The molecule has 1 spiro atoms. The molecule has 4 heterocycles. The van der Waals surface area contributed by atoms with Crippen molar-refractivity contribution >= 4 is 48.8 Å². The van der Waals surface area contributed by atoms with Gasteiger partial charge in [-0.15, -0.1) is 0 Å². The maximum absolute atomic E-state index is 14.9. The Bertz CT molecular complexity index is 1690. The van der Waals surface area contributed by atoms with E-state index in [2.05, 4.69) is 0 Å². The van der Waals surface area contributed by atoms with Crippen LogP contribution in [-0.2, 0) is 31.1 Å². The highest BCUT2D eigenvalue weighted by Gasteiger charge is 2.67. The van der Waals surface area contributed by atoms with Crippen molar-refractivity contribution in [1.29, 1.82) is 0 Å². The van der Waals surface area contributed by atoms with Crippen LogP contribution in [-0.4, -0.2) is 66.1 Å². The topological polar surface area (TPSA) is 111 Å². The van der Waals surface area contributed by atoms with Gasteiger partial charge in [-0.3, -0.25) is 24.2 Å². The highest BCUT2D eigenvalue weighted by molar-refractivity contribution is 6.71. The lowest BCUT2D eigenvalue weighted by atomic mass is 9.82. The smallest absolute Gasteiger partial charge is 0.268 e. The number of carbonyl (C=O) groups is 3. The summed E-state index contributed by atoms with van der Waals surface area (Å²) in [4.78, 5) is 58.9. The molecule has 9 nitrogen and oxygen atoms in total. The standard InChI is InChI=1S/C36H41N3O6Si/c1-23-34(46(2,3)44)31(21-33(42)37-19-9-13-27(37)22-40)45-36(23)28-20-26(38-29-14-8-7-10-24(29)15-18-32(38)41)16-17-30(28)39(35(36)43)25-11-5-4-6-12-25/h4-8,10-12,14,16-17,20,23,27,31,34,40,44H,9,13,15,18-19,21-22H2,1-3H3/t23-,27-,31+,34-,36+/m0/s1. The molecule has 2 saturated heterocycles. The number of carbonyl (C=O) groups excluding carboxylic acids is 3. The Morgan fingerprint density at radius 2 is 1.70 bits per heavy atom. The van der Waals surface area contributed by atoms with E-state index in [4.69, 9.17) is 4.74 Å². The third-order valence-corrected chi connectivity index (χ3v) is 13.0. The molecule has 46 heavy (non-hydrogen) atoms. The lowest BCUT2D eigenvalue weighted by Crippen LogP contribution is -2.45. The van der Waals surface area contributed by atoms with Crippen molar-refractivity contribution in [2.45, 2.75) is 75.4 Å². The van der Waals surface area contributed by atoms with E-state index in [0.717, 1.165) is 24.1 Å². The first-order valence-electron chi connectivity index (χ1n) is 16.3. The number of aliphatic hydroxyl groups is 1. The molecule has 2 fully saturated rings. The van der Waals surface area contributed by atoms with Crippen molar-refractivity contribution in [2.24, 2.45) is 5.92 Å². The summed E-state index contributed by atoms with van der Waals surface area (Å²) in [6.45, 7) is 6.11. The first kappa shape index (κ1) is 30.8. The summed E-state index contributed by atoms with van der Waals surface area (Å²) in [5.74, 6) is -0.893. The van der Waals surface area contributed by atoms with Gasteiger partial charge in [0.1, 0.15) is 0 Å². The lowest BCUT2D eigenvalue weighted by Gasteiger charge is -2.33. The van der Waals surface area contributed by atoms with Crippen LogP contribution in [0, 0.1) is 5.92 Å². The number of rotatable bonds is 6. The van der Waals surface area contributed by atoms with E-state index in [-0.39, 0.29) is 36.8 Å². The Morgan fingerprint density at radius 3 is 2.43 bits per heavy atom. The summed E-state index contributed by atoms with van der Waals surface area (Å²) in [6.07, 6.45) is 1.92. The zero-order chi connectivity index (χ0) is 32.4. The van der Waals surface area contributed by atoms with Gasteiger partial charge in [0.15, 0.2) is 13.9 Å². The first-order chi connectivity index (χ1) is 22.1. The van der Waals surface area contributed by atoms with Crippen molar-refractivity contribution in [1.82, 2.24) is 4.90 Å². The van der Waals surface area contributed by atoms with Gasteiger partial charge in [-0.05, 0) is 74.3 Å². The molecule has 3 aromatic carbocycles. The molecule has 10 heteroatoms. The van der Waals surface area contributed by atoms with E-state index in [0.29, 0.717) is 42.0 Å². The normalized spacial score (nSPS) is 27.5. The average Bonchev–Trinajstić information content (AvgIpc) is 3.70. The van der Waals surface area contributed by atoms with Crippen LogP contribution in [0.25, 0.3) is 0 Å². The van der Waals surface area contributed by atoms with Gasteiger partial charge in [0.2, 0.25) is 11.8 Å². The Morgan fingerprint density at radius 1 is 0.957 bits per heavy atom. The number of para-hydroxylation sites is 2. The SMILES string of the molecule is C[C@H]1[C@H]([Si](C)(C)O)[C@@H](CC(=O)N2CCC[C@H]2CO)O[C@]12C(=O)N(c1ccccc1)c1ccc(N3C(=O)CCc4ccccc43)cc12. The minimum absolute atomic E-state index is 0.00980. The molecule has 2 N–H and O–H groups in total. The summed E-state index contributed by atoms with van der Waals surface area (Å²) in [5.41, 5.74) is 2.62. The first-order valence-corrected chi connectivity index (χ1v) is 19.3. The fourth-order valence-corrected chi connectivity index (χ4v) is 11.1. The number of aliphatic hydroxyl groups excluding tert-OH is 1. The monoisotopic (exact) mass is 639 g/mol. The maximum atomic E-state index is 14.9. The van der Waals surface area contributed by atoms with Crippen LogP contribution >= 0.6 is 0 Å². The van der Waals surface area contributed by atoms with Crippen LogP contribution in [0.3, 0.4) is 0 Å². The highest BCUT2D eigenvalue weighted by Crippen LogP contribution is 2.61. The molecule has 240 valence electrons. The molecule has 0 saturated carbocycles. The zero-order valence-corrected chi connectivity index (χ0v) is 27.6. The Balaban J connectivity index is 1.36. The predicted octanol–water partition coefficient (Wildman–Crippen LogP) is 5.15. The zero-order valence-electron chi connectivity index (χ0n) is 26.6. The van der Waals surface area contributed by atoms with Crippen LogP contribution in [0.15, 0.2) is 72.8 Å². The molecule has 0 aliphatic carbocycles. The number of hydrogen-bond acceptors (Lipinski definition) is 6. The summed E-state index contributed by atoms with van der Waals surface area (Å²) < 4.78 is 6.96. The Labute approximate surface area is 270 Å². The fourth-order valence-electron chi connectivity index (χ4n) is 8.52. The Hall–Kier alpha value is -3.83. The van der Waals surface area contributed by atoms with E-state index in [1.165, 1.54) is 0 Å². The molecule has 0 bridgehead atoms. The summed E-state index contributed by atoms with van der Waals surface area (Å²) in [5, 5.41) is 9.90.